The first-order chi connectivity index (χ1) is 7.86. The van der Waals surface area contributed by atoms with E-state index in [1.165, 1.54) is 17.0 Å². The van der Waals surface area contributed by atoms with Gasteiger partial charge in [0.25, 0.3) is 5.91 Å². The van der Waals surface area contributed by atoms with E-state index in [1.54, 1.807) is 7.05 Å². The Morgan fingerprint density at radius 3 is 2.59 bits per heavy atom. The Morgan fingerprint density at radius 2 is 2.06 bits per heavy atom. The van der Waals surface area contributed by atoms with Crippen LogP contribution in [0.25, 0.3) is 0 Å². The third kappa shape index (κ3) is 3.73. The van der Waals surface area contributed by atoms with Crippen molar-refractivity contribution < 1.29 is 18.0 Å². The molecule has 0 saturated heterocycles. The van der Waals surface area contributed by atoms with Crippen LogP contribution in [0.5, 0.6) is 0 Å². The normalized spacial score (nSPS) is 11.4. The summed E-state index contributed by atoms with van der Waals surface area (Å²) >= 11 is 3.16. The van der Waals surface area contributed by atoms with Gasteiger partial charge in [-0.1, -0.05) is 22.0 Å². The minimum absolute atomic E-state index is 0.0447. The lowest BCUT2D eigenvalue weighted by molar-refractivity contribution is -0.137. The van der Waals surface area contributed by atoms with Crippen LogP contribution in [0.15, 0.2) is 24.3 Å². The second-order valence-electron chi connectivity index (χ2n) is 3.49. The summed E-state index contributed by atoms with van der Waals surface area (Å²) in [5, 5.41) is 0.578. The average molecular weight is 310 g/mol. The van der Waals surface area contributed by atoms with E-state index in [9.17, 15) is 18.0 Å². The Labute approximate surface area is 106 Å². The van der Waals surface area contributed by atoms with Crippen molar-refractivity contribution in [1.29, 1.82) is 0 Å². The number of carbonyl (C=O) groups is 1. The van der Waals surface area contributed by atoms with Crippen molar-refractivity contribution in [2.45, 2.75) is 6.18 Å². The lowest BCUT2D eigenvalue weighted by atomic mass is 10.1. The quantitative estimate of drug-likeness (QED) is 0.785. The maximum atomic E-state index is 12.4. The van der Waals surface area contributed by atoms with Gasteiger partial charge in [-0.25, -0.2) is 0 Å². The summed E-state index contributed by atoms with van der Waals surface area (Å²) in [6.07, 6.45) is -4.43. The zero-order chi connectivity index (χ0) is 13.1. The van der Waals surface area contributed by atoms with E-state index in [-0.39, 0.29) is 5.56 Å². The zero-order valence-electron chi connectivity index (χ0n) is 9.09. The summed E-state index contributed by atoms with van der Waals surface area (Å²) in [4.78, 5) is 13.1. The topological polar surface area (TPSA) is 20.3 Å². The molecule has 94 valence electrons. The van der Waals surface area contributed by atoms with Gasteiger partial charge < -0.3 is 4.90 Å². The molecule has 6 heteroatoms. The molecule has 0 spiro atoms. The third-order valence-corrected chi connectivity index (χ3v) is 2.56. The standard InChI is InChI=1S/C11H11BrF3NO/c1-16(6-5-12)10(17)8-3-2-4-9(7-8)11(13,14)15/h2-4,7H,5-6H2,1H3. The highest BCUT2D eigenvalue weighted by molar-refractivity contribution is 9.09. The largest absolute Gasteiger partial charge is 0.416 e. The van der Waals surface area contributed by atoms with Crippen LogP contribution in [0, 0.1) is 0 Å². The average Bonchev–Trinajstić information content (AvgIpc) is 2.27. The Morgan fingerprint density at radius 1 is 1.41 bits per heavy atom. The first kappa shape index (κ1) is 14.0. The molecule has 0 bridgehead atoms. The molecule has 0 aromatic heterocycles. The van der Waals surface area contributed by atoms with Crippen LogP contribution in [-0.4, -0.2) is 29.7 Å². The van der Waals surface area contributed by atoms with Crippen molar-refractivity contribution in [1.82, 2.24) is 4.90 Å². The summed E-state index contributed by atoms with van der Waals surface area (Å²) in [6, 6.07) is 4.43. The molecule has 1 rings (SSSR count). The first-order valence-electron chi connectivity index (χ1n) is 4.85. The fourth-order valence-corrected chi connectivity index (χ4v) is 1.81. The molecule has 0 aliphatic heterocycles. The van der Waals surface area contributed by atoms with Crippen LogP contribution >= 0.6 is 15.9 Å². The van der Waals surface area contributed by atoms with E-state index in [0.29, 0.717) is 11.9 Å². The van der Waals surface area contributed by atoms with Gasteiger partial charge in [0.15, 0.2) is 0 Å². The number of nitrogens with zero attached hydrogens (tertiary/aromatic N) is 1. The molecular formula is C11H11BrF3NO. The number of carbonyl (C=O) groups excluding carboxylic acids is 1. The minimum atomic E-state index is -4.43. The van der Waals surface area contributed by atoms with E-state index in [2.05, 4.69) is 15.9 Å². The molecule has 0 atom stereocenters. The van der Waals surface area contributed by atoms with E-state index in [0.717, 1.165) is 12.1 Å². The molecule has 1 aromatic rings. The van der Waals surface area contributed by atoms with Gasteiger partial charge in [0.1, 0.15) is 0 Å². The highest BCUT2D eigenvalue weighted by Crippen LogP contribution is 2.29. The fourth-order valence-electron chi connectivity index (χ4n) is 1.28. The maximum absolute atomic E-state index is 12.4. The van der Waals surface area contributed by atoms with Crippen molar-refractivity contribution in [2.24, 2.45) is 0 Å². The summed E-state index contributed by atoms with van der Waals surface area (Å²) in [7, 11) is 1.55. The molecule has 0 unspecified atom stereocenters. The van der Waals surface area contributed by atoms with Gasteiger partial charge in [0, 0.05) is 24.5 Å². The van der Waals surface area contributed by atoms with Gasteiger partial charge in [-0.15, -0.1) is 0 Å². The maximum Gasteiger partial charge on any atom is 0.416 e. The predicted molar refractivity (Wildman–Crippen MR) is 62.2 cm³/mol. The second kappa shape index (κ2) is 5.53. The summed E-state index contributed by atoms with van der Waals surface area (Å²) < 4.78 is 37.3. The Bertz CT molecular complexity index is 406. The summed E-state index contributed by atoms with van der Waals surface area (Å²) in [6.45, 7) is 0.440. The molecular weight excluding hydrogens is 299 g/mol. The Kier molecular flexibility index (Phi) is 4.56. The smallest absolute Gasteiger partial charge is 0.341 e. The molecule has 0 radical (unpaired) electrons. The number of benzene rings is 1. The van der Waals surface area contributed by atoms with Crippen LogP contribution in [0.3, 0.4) is 0 Å². The number of alkyl halides is 4. The Hall–Kier alpha value is -1.04. The minimum Gasteiger partial charge on any atom is -0.341 e. The molecule has 0 N–H and O–H groups in total. The third-order valence-electron chi connectivity index (χ3n) is 2.20. The number of hydrogen-bond donors (Lipinski definition) is 0. The van der Waals surface area contributed by atoms with Gasteiger partial charge in [-0.05, 0) is 18.2 Å². The van der Waals surface area contributed by atoms with Crippen LogP contribution in [0.2, 0.25) is 0 Å². The zero-order valence-corrected chi connectivity index (χ0v) is 10.7. The molecule has 2 nitrogen and oxygen atoms in total. The number of hydrogen-bond acceptors (Lipinski definition) is 1. The fraction of sp³-hybridized carbons (Fsp3) is 0.364. The van der Waals surface area contributed by atoms with Gasteiger partial charge in [-0.3, -0.25) is 4.79 Å². The monoisotopic (exact) mass is 309 g/mol. The van der Waals surface area contributed by atoms with Crippen LogP contribution in [0.4, 0.5) is 13.2 Å². The SMILES string of the molecule is CN(CCBr)C(=O)c1cccc(C(F)(F)F)c1. The highest BCUT2D eigenvalue weighted by atomic mass is 79.9. The Balaban J connectivity index is 2.96. The highest BCUT2D eigenvalue weighted by Gasteiger charge is 2.31. The lowest BCUT2D eigenvalue weighted by Crippen LogP contribution is -2.28. The van der Waals surface area contributed by atoms with E-state index in [4.69, 9.17) is 0 Å². The summed E-state index contributed by atoms with van der Waals surface area (Å²) in [5.41, 5.74) is -0.765. The predicted octanol–water partition coefficient (Wildman–Crippen LogP) is 3.17. The lowest BCUT2D eigenvalue weighted by Gasteiger charge is -2.16. The van der Waals surface area contributed by atoms with Crippen molar-refractivity contribution in [3.63, 3.8) is 0 Å². The molecule has 0 aliphatic rings. The number of halogens is 4. The van der Waals surface area contributed by atoms with Gasteiger partial charge >= 0.3 is 6.18 Å². The van der Waals surface area contributed by atoms with Gasteiger partial charge in [-0.2, -0.15) is 13.2 Å². The van der Waals surface area contributed by atoms with E-state index >= 15 is 0 Å². The van der Waals surface area contributed by atoms with Crippen LogP contribution < -0.4 is 0 Å². The van der Waals surface area contributed by atoms with Crippen molar-refractivity contribution >= 4 is 21.8 Å². The van der Waals surface area contributed by atoms with E-state index in [1.807, 2.05) is 0 Å². The van der Waals surface area contributed by atoms with Crippen LogP contribution in [-0.2, 0) is 6.18 Å². The molecule has 1 aromatic carbocycles. The van der Waals surface area contributed by atoms with Crippen molar-refractivity contribution in [2.75, 3.05) is 18.9 Å². The van der Waals surface area contributed by atoms with E-state index < -0.39 is 17.6 Å². The van der Waals surface area contributed by atoms with Crippen LogP contribution in [0.1, 0.15) is 15.9 Å². The molecule has 0 heterocycles. The van der Waals surface area contributed by atoms with Gasteiger partial charge in [0.2, 0.25) is 0 Å². The first-order valence-corrected chi connectivity index (χ1v) is 5.97. The molecule has 1 amide bonds. The molecule has 0 saturated carbocycles. The van der Waals surface area contributed by atoms with Crippen molar-refractivity contribution in [3.8, 4) is 0 Å². The second-order valence-corrected chi connectivity index (χ2v) is 4.29. The summed E-state index contributed by atoms with van der Waals surface area (Å²) in [5.74, 6) is -0.421. The number of rotatable bonds is 3. The molecule has 17 heavy (non-hydrogen) atoms. The number of amides is 1. The molecule has 0 aliphatic carbocycles. The molecule has 0 fully saturated rings. The van der Waals surface area contributed by atoms with Crippen molar-refractivity contribution in [3.05, 3.63) is 35.4 Å². The van der Waals surface area contributed by atoms with Gasteiger partial charge in [0.05, 0.1) is 5.56 Å².